The van der Waals surface area contributed by atoms with Crippen LogP contribution in [-0.4, -0.2) is 13.4 Å². The number of furan rings is 1. The summed E-state index contributed by atoms with van der Waals surface area (Å²) in [6, 6.07) is 17.7. The predicted octanol–water partition coefficient (Wildman–Crippen LogP) is 4.20. The van der Waals surface area contributed by atoms with Crippen molar-refractivity contribution in [2.24, 2.45) is 5.14 Å². The van der Waals surface area contributed by atoms with Gasteiger partial charge in [-0.25, -0.2) is 18.5 Å². The Kier molecular flexibility index (Phi) is 5.37. The Morgan fingerprint density at radius 3 is 2.57 bits per heavy atom. The van der Waals surface area contributed by atoms with Crippen LogP contribution in [0.15, 0.2) is 75.6 Å². The smallest absolute Gasteiger partial charge is 0.238 e. The van der Waals surface area contributed by atoms with Crippen molar-refractivity contribution in [1.29, 1.82) is 5.26 Å². The molecule has 0 aliphatic heterocycles. The van der Waals surface area contributed by atoms with Crippen molar-refractivity contribution >= 4 is 27.2 Å². The van der Waals surface area contributed by atoms with Gasteiger partial charge in [0, 0.05) is 12.1 Å². The Labute approximate surface area is 177 Å². The molecule has 0 saturated carbocycles. The summed E-state index contributed by atoms with van der Waals surface area (Å²) in [5.41, 5.74) is 2.55. The maximum Gasteiger partial charge on any atom is 0.238 e. The van der Waals surface area contributed by atoms with E-state index in [-0.39, 0.29) is 4.90 Å². The summed E-state index contributed by atoms with van der Waals surface area (Å²) >= 11 is 1.55. The molecule has 0 radical (unpaired) electrons. The van der Waals surface area contributed by atoms with Gasteiger partial charge in [0.1, 0.15) is 23.2 Å². The SMILES string of the molecule is N#Cc1c(-c2ccco2)cc(-c2cccs2)nc1NCc1ccc(S(N)(=O)=O)cc1. The van der Waals surface area contributed by atoms with Crippen LogP contribution in [0.25, 0.3) is 21.9 Å². The Morgan fingerprint density at radius 1 is 1.17 bits per heavy atom. The minimum atomic E-state index is -3.74. The summed E-state index contributed by atoms with van der Waals surface area (Å²) in [4.78, 5) is 5.66. The van der Waals surface area contributed by atoms with Crippen LogP contribution in [0.4, 0.5) is 5.82 Å². The lowest BCUT2D eigenvalue weighted by Crippen LogP contribution is -2.12. The number of anilines is 1. The second-order valence-electron chi connectivity index (χ2n) is 6.39. The van der Waals surface area contributed by atoms with Crippen molar-refractivity contribution in [3.8, 4) is 28.0 Å². The molecule has 3 aromatic heterocycles. The van der Waals surface area contributed by atoms with Crippen molar-refractivity contribution in [1.82, 2.24) is 4.98 Å². The normalized spacial score (nSPS) is 11.2. The number of pyridine rings is 1. The number of hydrogen-bond acceptors (Lipinski definition) is 7. The van der Waals surface area contributed by atoms with E-state index in [1.807, 2.05) is 23.6 Å². The zero-order valence-electron chi connectivity index (χ0n) is 15.6. The van der Waals surface area contributed by atoms with E-state index in [0.717, 1.165) is 16.1 Å². The first-order valence-corrected chi connectivity index (χ1v) is 11.3. The second-order valence-corrected chi connectivity index (χ2v) is 8.90. The van der Waals surface area contributed by atoms with E-state index in [2.05, 4.69) is 16.4 Å². The number of primary sulfonamides is 1. The van der Waals surface area contributed by atoms with Gasteiger partial charge >= 0.3 is 0 Å². The fraction of sp³-hybridized carbons (Fsp3) is 0.0476. The molecule has 9 heteroatoms. The van der Waals surface area contributed by atoms with Gasteiger partial charge in [0.05, 0.1) is 21.7 Å². The molecule has 0 aliphatic carbocycles. The van der Waals surface area contributed by atoms with Crippen molar-refractivity contribution < 1.29 is 12.8 Å². The van der Waals surface area contributed by atoms with Crippen molar-refractivity contribution in [2.45, 2.75) is 11.4 Å². The number of benzene rings is 1. The first-order valence-electron chi connectivity index (χ1n) is 8.84. The van der Waals surface area contributed by atoms with E-state index in [1.165, 1.54) is 12.1 Å². The van der Waals surface area contributed by atoms with Gasteiger partial charge in [-0.3, -0.25) is 0 Å². The summed E-state index contributed by atoms with van der Waals surface area (Å²) in [6.07, 6.45) is 1.56. The maximum atomic E-state index is 11.4. The van der Waals surface area contributed by atoms with E-state index in [9.17, 15) is 13.7 Å². The number of nitriles is 1. The third kappa shape index (κ3) is 4.11. The Morgan fingerprint density at radius 2 is 1.97 bits per heavy atom. The average Bonchev–Trinajstić information content (AvgIpc) is 3.45. The summed E-state index contributed by atoms with van der Waals surface area (Å²) in [5.74, 6) is 0.998. The number of thiophene rings is 1. The molecule has 7 nitrogen and oxygen atoms in total. The minimum absolute atomic E-state index is 0.0434. The molecule has 3 N–H and O–H groups in total. The fourth-order valence-electron chi connectivity index (χ4n) is 2.95. The molecule has 1 aromatic carbocycles. The zero-order chi connectivity index (χ0) is 21.1. The van der Waals surface area contributed by atoms with Crippen LogP contribution < -0.4 is 10.5 Å². The van der Waals surface area contributed by atoms with E-state index in [4.69, 9.17) is 9.56 Å². The van der Waals surface area contributed by atoms with Crippen LogP contribution >= 0.6 is 11.3 Å². The number of hydrogen-bond donors (Lipinski definition) is 2. The van der Waals surface area contributed by atoms with Crippen LogP contribution in [0, 0.1) is 11.3 Å². The number of rotatable bonds is 6. The van der Waals surface area contributed by atoms with E-state index < -0.39 is 10.0 Å². The highest BCUT2D eigenvalue weighted by Crippen LogP contribution is 2.34. The summed E-state index contributed by atoms with van der Waals surface area (Å²) in [6.45, 7) is 0.345. The number of nitrogens with two attached hydrogens (primary N) is 1. The highest BCUT2D eigenvalue weighted by Gasteiger charge is 2.17. The molecule has 0 saturated heterocycles. The summed E-state index contributed by atoms with van der Waals surface area (Å²) in [7, 11) is -3.74. The van der Waals surface area contributed by atoms with Crippen LogP contribution in [0.3, 0.4) is 0 Å². The van der Waals surface area contributed by atoms with Gasteiger partial charge < -0.3 is 9.73 Å². The van der Waals surface area contributed by atoms with Gasteiger partial charge in [-0.15, -0.1) is 11.3 Å². The largest absolute Gasteiger partial charge is 0.464 e. The number of nitrogens with one attached hydrogen (secondary N) is 1. The molecule has 0 atom stereocenters. The van der Waals surface area contributed by atoms with Crippen LogP contribution in [0.2, 0.25) is 0 Å². The Balaban J connectivity index is 1.71. The molecule has 0 amide bonds. The Hall–Kier alpha value is -3.45. The molecule has 4 rings (SSSR count). The maximum absolute atomic E-state index is 11.4. The van der Waals surface area contributed by atoms with Gasteiger partial charge in [0.25, 0.3) is 0 Å². The molecule has 150 valence electrons. The topological polar surface area (TPSA) is 122 Å². The van der Waals surface area contributed by atoms with Gasteiger partial charge in [-0.2, -0.15) is 5.26 Å². The monoisotopic (exact) mass is 436 g/mol. The van der Waals surface area contributed by atoms with Crippen molar-refractivity contribution in [3.63, 3.8) is 0 Å². The second kappa shape index (κ2) is 8.12. The lowest BCUT2D eigenvalue weighted by Gasteiger charge is -2.12. The number of nitrogens with zero attached hydrogens (tertiary/aromatic N) is 2. The van der Waals surface area contributed by atoms with Crippen LogP contribution in [0.1, 0.15) is 11.1 Å². The lowest BCUT2D eigenvalue weighted by atomic mass is 10.1. The standard InChI is InChI=1S/C21H16N4O3S2/c22-12-17-16(19-3-1-9-28-19)11-18(20-4-2-10-29-20)25-21(17)24-13-14-5-7-15(8-6-14)30(23,26)27/h1-11H,13H2,(H,24,25)(H2,23,26,27). The molecule has 30 heavy (non-hydrogen) atoms. The van der Waals surface area contributed by atoms with E-state index in [1.54, 1.807) is 41.9 Å². The highest BCUT2D eigenvalue weighted by molar-refractivity contribution is 7.89. The molecular formula is C21H16N4O3S2. The molecule has 4 aromatic rings. The predicted molar refractivity (Wildman–Crippen MR) is 115 cm³/mol. The third-order valence-corrected chi connectivity index (χ3v) is 6.22. The molecule has 0 aliphatic rings. The van der Waals surface area contributed by atoms with Gasteiger partial charge in [-0.05, 0) is 47.3 Å². The summed E-state index contributed by atoms with van der Waals surface area (Å²) < 4.78 is 28.4. The number of aromatic nitrogens is 1. The van der Waals surface area contributed by atoms with Crippen molar-refractivity contribution in [2.75, 3.05) is 5.32 Å². The van der Waals surface area contributed by atoms with Gasteiger partial charge in [0.15, 0.2) is 0 Å². The first-order chi connectivity index (χ1) is 14.5. The molecular weight excluding hydrogens is 420 g/mol. The molecule has 0 spiro atoms. The fourth-order valence-corrected chi connectivity index (χ4v) is 4.15. The molecule has 0 unspecified atom stereocenters. The van der Waals surface area contributed by atoms with E-state index >= 15 is 0 Å². The number of sulfonamides is 1. The quantitative estimate of drug-likeness (QED) is 0.467. The zero-order valence-corrected chi connectivity index (χ0v) is 17.2. The third-order valence-electron chi connectivity index (χ3n) is 4.40. The first kappa shape index (κ1) is 19.8. The van der Waals surface area contributed by atoms with Crippen LogP contribution in [-0.2, 0) is 16.6 Å². The summed E-state index contributed by atoms with van der Waals surface area (Å²) in [5, 5.41) is 20.1. The average molecular weight is 437 g/mol. The van der Waals surface area contributed by atoms with Gasteiger partial charge in [0.2, 0.25) is 10.0 Å². The Bertz CT molecular complexity index is 1310. The van der Waals surface area contributed by atoms with Gasteiger partial charge in [-0.1, -0.05) is 18.2 Å². The molecule has 0 fully saturated rings. The molecule has 0 bridgehead atoms. The minimum Gasteiger partial charge on any atom is -0.464 e. The molecule has 3 heterocycles. The van der Waals surface area contributed by atoms with E-state index in [0.29, 0.717) is 29.2 Å². The van der Waals surface area contributed by atoms with Crippen LogP contribution in [0.5, 0.6) is 0 Å². The highest BCUT2D eigenvalue weighted by atomic mass is 32.2. The lowest BCUT2D eigenvalue weighted by molar-refractivity contribution is 0.582. The van der Waals surface area contributed by atoms with Crippen molar-refractivity contribution in [3.05, 3.63) is 77.4 Å².